The summed E-state index contributed by atoms with van der Waals surface area (Å²) in [6.07, 6.45) is 3.15. The predicted octanol–water partition coefficient (Wildman–Crippen LogP) is 2.45. The van der Waals surface area contributed by atoms with Gasteiger partial charge in [-0.2, -0.15) is 0 Å². The van der Waals surface area contributed by atoms with Crippen molar-refractivity contribution < 1.29 is 14.3 Å². The highest BCUT2D eigenvalue weighted by molar-refractivity contribution is 6.26. The first-order valence-corrected chi connectivity index (χ1v) is 5.75. The van der Waals surface area contributed by atoms with Crippen molar-refractivity contribution in [2.75, 3.05) is 7.11 Å². The van der Waals surface area contributed by atoms with Gasteiger partial charge in [-0.05, 0) is 23.8 Å². The van der Waals surface area contributed by atoms with Crippen molar-refractivity contribution in [3.05, 3.63) is 65.5 Å². The van der Waals surface area contributed by atoms with Crippen LogP contribution in [0.1, 0.15) is 16.1 Å². The van der Waals surface area contributed by atoms with Gasteiger partial charge >= 0.3 is 5.97 Å². The zero-order chi connectivity index (χ0) is 13.7. The number of methoxy groups -OCH3 is 1. The van der Waals surface area contributed by atoms with E-state index in [1.165, 1.54) is 13.2 Å². The van der Waals surface area contributed by atoms with Crippen LogP contribution in [0.25, 0.3) is 6.08 Å². The molecule has 0 fully saturated rings. The number of ketones is 1. The van der Waals surface area contributed by atoms with Crippen LogP contribution in [-0.4, -0.2) is 23.8 Å². The van der Waals surface area contributed by atoms with E-state index in [1.807, 2.05) is 30.3 Å². The molecule has 0 unspecified atom stereocenters. The Balaban J connectivity index is 2.40. The summed E-state index contributed by atoms with van der Waals surface area (Å²) < 4.78 is 4.66. The average Bonchev–Trinajstić information content (AvgIpc) is 2.98. The Labute approximate surface area is 110 Å². The van der Waals surface area contributed by atoms with Gasteiger partial charge in [0.2, 0.25) is 5.78 Å². The molecule has 1 aromatic carbocycles. The van der Waals surface area contributed by atoms with Crippen molar-refractivity contribution in [1.29, 1.82) is 0 Å². The third kappa shape index (κ3) is 2.98. The van der Waals surface area contributed by atoms with Crippen LogP contribution in [0.3, 0.4) is 0 Å². The van der Waals surface area contributed by atoms with Gasteiger partial charge in [-0.25, -0.2) is 4.79 Å². The molecular weight excluding hydrogens is 242 g/mol. The van der Waals surface area contributed by atoms with Gasteiger partial charge in [0.15, 0.2) is 0 Å². The molecule has 0 atom stereocenters. The van der Waals surface area contributed by atoms with E-state index in [1.54, 1.807) is 18.3 Å². The van der Waals surface area contributed by atoms with Crippen LogP contribution in [0.4, 0.5) is 0 Å². The molecule has 1 N–H and O–H groups in total. The van der Waals surface area contributed by atoms with E-state index in [0.717, 1.165) is 5.56 Å². The number of benzene rings is 1. The summed E-state index contributed by atoms with van der Waals surface area (Å²) in [6, 6.07) is 12.5. The molecule has 0 aliphatic carbocycles. The molecule has 0 spiro atoms. The van der Waals surface area contributed by atoms with Gasteiger partial charge in [0.25, 0.3) is 0 Å². The van der Waals surface area contributed by atoms with Crippen molar-refractivity contribution >= 4 is 17.8 Å². The standard InChI is InChI=1S/C15H13NO3/c1-19-15(18)12(10-11-6-3-2-4-7-11)14(17)13-8-5-9-16-13/h2-10,16H,1H3/b12-10+. The van der Waals surface area contributed by atoms with Gasteiger partial charge in [-0.15, -0.1) is 0 Å². The highest BCUT2D eigenvalue weighted by Crippen LogP contribution is 2.13. The second-order valence-electron chi connectivity index (χ2n) is 3.87. The number of H-pyrrole nitrogens is 1. The van der Waals surface area contributed by atoms with Gasteiger partial charge in [0.1, 0.15) is 5.57 Å². The van der Waals surface area contributed by atoms with E-state index >= 15 is 0 Å². The summed E-state index contributed by atoms with van der Waals surface area (Å²) in [5, 5.41) is 0. The minimum Gasteiger partial charge on any atom is -0.465 e. The molecule has 0 aliphatic rings. The Hall–Kier alpha value is -2.62. The Morgan fingerprint density at radius 2 is 1.84 bits per heavy atom. The topological polar surface area (TPSA) is 59.2 Å². The number of Topliss-reactive ketones (excluding diaryl/α,β-unsaturated/α-hetero) is 1. The van der Waals surface area contributed by atoms with E-state index < -0.39 is 5.97 Å². The molecule has 2 aromatic rings. The number of carbonyl (C=O) groups is 2. The first-order chi connectivity index (χ1) is 9.22. The third-order valence-corrected chi connectivity index (χ3v) is 2.60. The SMILES string of the molecule is COC(=O)/C(=C/c1ccccc1)C(=O)c1ccc[nH]1. The summed E-state index contributed by atoms with van der Waals surface area (Å²) >= 11 is 0. The number of aromatic nitrogens is 1. The lowest BCUT2D eigenvalue weighted by molar-refractivity contribution is -0.135. The molecule has 0 aliphatic heterocycles. The highest BCUT2D eigenvalue weighted by atomic mass is 16.5. The van der Waals surface area contributed by atoms with Crippen LogP contribution in [0.5, 0.6) is 0 Å². The van der Waals surface area contributed by atoms with Gasteiger partial charge < -0.3 is 9.72 Å². The second kappa shape index (κ2) is 5.82. The smallest absolute Gasteiger partial charge is 0.341 e. The average molecular weight is 255 g/mol. The molecule has 19 heavy (non-hydrogen) atoms. The van der Waals surface area contributed by atoms with Crippen molar-refractivity contribution in [2.24, 2.45) is 0 Å². The van der Waals surface area contributed by atoms with E-state index in [0.29, 0.717) is 5.69 Å². The normalized spacial score (nSPS) is 11.1. The Morgan fingerprint density at radius 3 is 2.42 bits per heavy atom. The molecule has 1 aromatic heterocycles. The Kier molecular flexibility index (Phi) is 3.93. The van der Waals surface area contributed by atoms with Crippen molar-refractivity contribution in [3.8, 4) is 0 Å². The number of carbonyl (C=O) groups excluding carboxylic acids is 2. The monoisotopic (exact) mass is 255 g/mol. The van der Waals surface area contributed by atoms with E-state index in [-0.39, 0.29) is 11.4 Å². The summed E-state index contributed by atoms with van der Waals surface area (Å²) in [5.74, 6) is -1.04. The molecule has 4 nitrogen and oxygen atoms in total. The van der Waals surface area contributed by atoms with E-state index in [4.69, 9.17) is 0 Å². The Morgan fingerprint density at radius 1 is 1.11 bits per heavy atom. The van der Waals surface area contributed by atoms with E-state index in [2.05, 4.69) is 9.72 Å². The number of ether oxygens (including phenoxy) is 1. The highest BCUT2D eigenvalue weighted by Gasteiger charge is 2.21. The molecule has 4 heteroatoms. The van der Waals surface area contributed by atoms with Gasteiger partial charge in [0.05, 0.1) is 12.8 Å². The third-order valence-electron chi connectivity index (χ3n) is 2.60. The number of aromatic amines is 1. The van der Waals surface area contributed by atoms with Gasteiger partial charge in [0, 0.05) is 6.20 Å². The zero-order valence-corrected chi connectivity index (χ0v) is 10.4. The fourth-order valence-corrected chi connectivity index (χ4v) is 1.66. The molecule has 0 saturated heterocycles. The number of nitrogens with one attached hydrogen (secondary N) is 1. The van der Waals surface area contributed by atoms with Gasteiger partial charge in [-0.3, -0.25) is 4.79 Å². The first kappa shape index (κ1) is 12.8. The van der Waals surface area contributed by atoms with Crippen LogP contribution in [0, 0.1) is 0 Å². The maximum absolute atomic E-state index is 12.2. The number of hydrogen-bond acceptors (Lipinski definition) is 3. The van der Waals surface area contributed by atoms with Gasteiger partial charge in [-0.1, -0.05) is 30.3 Å². The summed E-state index contributed by atoms with van der Waals surface area (Å²) in [5.41, 5.74) is 1.12. The minimum absolute atomic E-state index is 0.00356. The lowest BCUT2D eigenvalue weighted by Crippen LogP contribution is -2.15. The summed E-state index contributed by atoms with van der Waals surface area (Å²) in [7, 11) is 1.25. The van der Waals surface area contributed by atoms with E-state index in [9.17, 15) is 9.59 Å². The minimum atomic E-state index is -0.650. The maximum Gasteiger partial charge on any atom is 0.341 e. The van der Waals surface area contributed by atoms with Crippen LogP contribution in [0.15, 0.2) is 54.2 Å². The largest absolute Gasteiger partial charge is 0.465 e. The maximum atomic E-state index is 12.2. The number of hydrogen-bond donors (Lipinski definition) is 1. The van der Waals surface area contributed by atoms with Crippen LogP contribution in [0.2, 0.25) is 0 Å². The fraction of sp³-hybridized carbons (Fsp3) is 0.0667. The lowest BCUT2D eigenvalue weighted by atomic mass is 10.1. The molecular formula is C15H13NO3. The second-order valence-corrected chi connectivity index (χ2v) is 3.87. The molecule has 0 bridgehead atoms. The van der Waals surface area contributed by atoms with Crippen LogP contribution in [-0.2, 0) is 9.53 Å². The predicted molar refractivity (Wildman–Crippen MR) is 71.6 cm³/mol. The molecule has 0 amide bonds. The fourth-order valence-electron chi connectivity index (χ4n) is 1.66. The van der Waals surface area contributed by atoms with Crippen LogP contribution >= 0.6 is 0 Å². The molecule has 0 radical (unpaired) electrons. The number of esters is 1. The van der Waals surface area contributed by atoms with Crippen molar-refractivity contribution in [1.82, 2.24) is 4.98 Å². The quantitative estimate of drug-likeness (QED) is 0.300. The lowest BCUT2D eigenvalue weighted by Gasteiger charge is -2.03. The Bertz CT molecular complexity index is 598. The van der Waals surface area contributed by atoms with Crippen molar-refractivity contribution in [2.45, 2.75) is 0 Å². The molecule has 2 rings (SSSR count). The molecule has 1 heterocycles. The summed E-state index contributed by atoms with van der Waals surface area (Å²) in [4.78, 5) is 26.7. The number of rotatable bonds is 4. The molecule has 0 saturated carbocycles. The van der Waals surface area contributed by atoms with Crippen molar-refractivity contribution in [3.63, 3.8) is 0 Å². The first-order valence-electron chi connectivity index (χ1n) is 5.75. The molecule has 96 valence electrons. The van der Waals surface area contributed by atoms with Crippen LogP contribution < -0.4 is 0 Å². The summed E-state index contributed by atoms with van der Waals surface area (Å²) in [6.45, 7) is 0. The zero-order valence-electron chi connectivity index (χ0n) is 10.4.